The summed E-state index contributed by atoms with van der Waals surface area (Å²) in [6.45, 7) is 0. The third-order valence-electron chi connectivity index (χ3n) is 1.26. The fourth-order valence-electron chi connectivity index (χ4n) is 0.728. The molecule has 0 fully saturated rings. The summed E-state index contributed by atoms with van der Waals surface area (Å²) < 4.78 is 78.7. The van der Waals surface area contributed by atoms with Crippen LogP contribution in [0.1, 0.15) is 0 Å². The summed E-state index contributed by atoms with van der Waals surface area (Å²) >= 11 is 0. The third kappa shape index (κ3) is 2.91. The van der Waals surface area contributed by atoms with Crippen LogP contribution in [0.15, 0.2) is 4.90 Å². The standard InChI is InChI=1S/C6HF4O3S.Na/c7-2-1-3(8)5(10)6(4(2)9)14(11,12)13;/h(H,11,12,13);/q-1;+1. The van der Waals surface area contributed by atoms with E-state index in [1.807, 2.05) is 0 Å². The van der Waals surface area contributed by atoms with Gasteiger partial charge in [0.15, 0.2) is 0 Å². The Bertz CT molecular complexity index is 461. The molecule has 0 amide bonds. The molecule has 0 bridgehead atoms. The molecule has 0 heterocycles. The molecule has 15 heavy (non-hydrogen) atoms. The Balaban J connectivity index is 0.00000196. The number of hydrogen-bond donors (Lipinski definition) is 1. The van der Waals surface area contributed by atoms with Crippen molar-refractivity contribution in [2.75, 3.05) is 0 Å². The van der Waals surface area contributed by atoms with Crippen molar-refractivity contribution in [3.63, 3.8) is 0 Å². The normalized spacial score (nSPS) is 11.0. The topological polar surface area (TPSA) is 54.4 Å². The summed E-state index contributed by atoms with van der Waals surface area (Å²) in [6.07, 6.45) is 0. The van der Waals surface area contributed by atoms with Crippen LogP contribution < -0.4 is 29.6 Å². The van der Waals surface area contributed by atoms with Gasteiger partial charge in [0.25, 0.3) is 10.1 Å². The minimum Gasteiger partial charge on any atom is -0.283 e. The van der Waals surface area contributed by atoms with Gasteiger partial charge < -0.3 is 0 Å². The van der Waals surface area contributed by atoms with E-state index in [1.165, 1.54) is 0 Å². The Morgan fingerprint density at radius 3 is 1.60 bits per heavy atom. The predicted molar refractivity (Wildman–Crippen MR) is 34.9 cm³/mol. The molecule has 1 N–H and O–H groups in total. The molecule has 0 aromatic heterocycles. The van der Waals surface area contributed by atoms with Crippen molar-refractivity contribution in [2.45, 2.75) is 4.90 Å². The molecule has 0 atom stereocenters. The monoisotopic (exact) mass is 252 g/mol. The molecule has 3 nitrogen and oxygen atoms in total. The molecule has 0 aliphatic rings. The zero-order chi connectivity index (χ0) is 11.1. The van der Waals surface area contributed by atoms with Gasteiger partial charge in [0, 0.05) is 11.6 Å². The molecular weight excluding hydrogens is 251 g/mol. The van der Waals surface area contributed by atoms with E-state index in [2.05, 4.69) is 0 Å². The molecule has 0 unspecified atom stereocenters. The molecule has 0 aliphatic carbocycles. The SMILES string of the molecule is O=S(=O)(O)c1c(F)c(F)[c-]c(F)c1F.[Na+]. The second-order valence-corrected chi connectivity index (χ2v) is 3.54. The van der Waals surface area contributed by atoms with E-state index in [0.29, 0.717) is 0 Å². The van der Waals surface area contributed by atoms with Gasteiger partial charge in [-0.05, 0) is 0 Å². The van der Waals surface area contributed by atoms with E-state index in [0.717, 1.165) is 6.07 Å². The molecule has 0 saturated heterocycles. The Hall–Kier alpha value is -0.150. The van der Waals surface area contributed by atoms with Crippen molar-refractivity contribution in [3.05, 3.63) is 29.3 Å². The second kappa shape index (κ2) is 4.79. The Morgan fingerprint density at radius 1 is 1.00 bits per heavy atom. The van der Waals surface area contributed by atoms with Gasteiger partial charge >= 0.3 is 29.6 Å². The van der Waals surface area contributed by atoms with Crippen molar-refractivity contribution in [3.8, 4) is 0 Å². The zero-order valence-corrected chi connectivity index (χ0v) is 10.0. The van der Waals surface area contributed by atoms with E-state index < -0.39 is 38.3 Å². The predicted octanol–water partition coefficient (Wildman–Crippen LogP) is -1.71. The van der Waals surface area contributed by atoms with Crippen LogP contribution in [-0.4, -0.2) is 13.0 Å². The summed E-state index contributed by atoms with van der Waals surface area (Å²) in [6, 6.07) is 0.960. The van der Waals surface area contributed by atoms with Crippen LogP contribution in [0.4, 0.5) is 17.6 Å². The van der Waals surface area contributed by atoms with Crippen molar-refractivity contribution >= 4 is 10.1 Å². The van der Waals surface area contributed by atoms with Gasteiger partial charge in [0.1, 0.15) is 0 Å². The largest absolute Gasteiger partial charge is 1.00 e. The maximum atomic E-state index is 12.6. The van der Waals surface area contributed by atoms with E-state index in [4.69, 9.17) is 4.55 Å². The smallest absolute Gasteiger partial charge is 0.283 e. The van der Waals surface area contributed by atoms with E-state index in [9.17, 15) is 26.0 Å². The summed E-state index contributed by atoms with van der Waals surface area (Å²) in [7, 11) is -5.36. The molecule has 1 aromatic carbocycles. The fraction of sp³-hybridized carbons (Fsp3) is 0. The average molecular weight is 252 g/mol. The van der Waals surface area contributed by atoms with Crippen LogP contribution in [0.25, 0.3) is 0 Å². The van der Waals surface area contributed by atoms with Gasteiger partial charge in [0.2, 0.25) is 0 Å². The minimum atomic E-state index is -5.36. The first-order valence-electron chi connectivity index (χ1n) is 2.98. The minimum absolute atomic E-state index is 0. The maximum Gasteiger partial charge on any atom is 1.00 e. The summed E-state index contributed by atoms with van der Waals surface area (Å²) in [5.41, 5.74) is 0. The van der Waals surface area contributed by atoms with E-state index >= 15 is 0 Å². The van der Waals surface area contributed by atoms with Gasteiger partial charge in [-0.3, -0.25) is 13.3 Å². The van der Waals surface area contributed by atoms with Crippen molar-refractivity contribution in [1.29, 1.82) is 0 Å². The molecule has 78 valence electrons. The van der Waals surface area contributed by atoms with Crippen molar-refractivity contribution in [1.82, 2.24) is 0 Å². The van der Waals surface area contributed by atoms with Crippen LogP contribution in [-0.2, 0) is 10.1 Å². The fourth-order valence-corrected chi connectivity index (χ4v) is 1.36. The van der Waals surface area contributed by atoms with Crippen LogP contribution in [0.5, 0.6) is 0 Å². The van der Waals surface area contributed by atoms with Crippen LogP contribution >= 0.6 is 0 Å². The molecule has 0 saturated carbocycles. The van der Waals surface area contributed by atoms with Crippen LogP contribution in [0.3, 0.4) is 0 Å². The summed E-state index contributed by atoms with van der Waals surface area (Å²) in [4.78, 5) is -2.06. The number of halogens is 4. The van der Waals surface area contributed by atoms with Gasteiger partial charge in [-0.1, -0.05) is 0 Å². The Morgan fingerprint density at radius 2 is 1.33 bits per heavy atom. The molecule has 9 heteroatoms. The number of benzene rings is 1. The van der Waals surface area contributed by atoms with Crippen LogP contribution in [0, 0.1) is 29.3 Å². The molecular formula is C6HF4NaO3S. The second-order valence-electron chi connectivity index (χ2n) is 2.19. The first-order chi connectivity index (χ1) is 6.25. The number of hydrogen-bond acceptors (Lipinski definition) is 2. The van der Waals surface area contributed by atoms with Gasteiger partial charge in [-0.2, -0.15) is 8.42 Å². The van der Waals surface area contributed by atoms with Crippen LogP contribution in [0.2, 0.25) is 0 Å². The first-order valence-corrected chi connectivity index (χ1v) is 4.42. The first kappa shape index (κ1) is 14.8. The summed E-state index contributed by atoms with van der Waals surface area (Å²) in [5, 5.41) is 0. The van der Waals surface area contributed by atoms with Gasteiger partial charge in [-0.15, -0.1) is 6.07 Å². The molecule has 1 aromatic rings. The van der Waals surface area contributed by atoms with Crippen molar-refractivity contribution < 1.29 is 60.1 Å². The zero-order valence-electron chi connectivity index (χ0n) is 7.18. The summed E-state index contributed by atoms with van der Waals surface area (Å²) in [5.74, 6) is -8.49. The van der Waals surface area contributed by atoms with Crippen molar-refractivity contribution in [2.24, 2.45) is 0 Å². The molecule has 1 rings (SSSR count). The average Bonchev–Trinajstić information content (AvgIpc) is 1.98. The van der Waals surface area contributed by atoms with Gasteiger partial charge in [-0.25, -0.2) is 8.78 Å². The van der Waals surface area contributed by atoms with E-state index in [1.54, 1.807) is 0 Å². The third-order valence-corrected chi connectivity index (χ3v) is 2.14. The Labute approximate surface area is 104 Å². The van der Waals surface area contributed by atoms with E-state index in [-0.39, 0.29) is 29.6 Å². The maximum absolute atomic E-state index is 12.6. The number of rotatable bonds is 1. The Kier molecular flexibility index (Phi) is 4.74. The molecule has 0 aliphatic heterocycles. The molecule has 0 radical (unpaired) electrons. The van der Waals surface area contributed by atoms with Gasteiger partial charge in [0.05, 0.1) is 16.5 Å². The quantitative estimate of drug-likeness (QED) is 0.213. The molecule has 0 spiro atoms.